The molecule has 1 fully saturated rings. The third-order valence-electron chi connectivity index (χ3n) is 3.15. The van der Waals surface area contributed by atoms with Gasteiger partial charge in [0.25, 0.3) is 0 Å². The predicted octanol–water partition coefficient (Wildman–Crippen LogP) is 0.423. The first-order chi connectivity index (χ1) is 7.68. The molecule has 0 aliphatic carbocycles. The summed E-state index contributed by atoms with van der Waals surface area (Å²) in [7, 11) is 0. The fourth-order valence-electron chi connectivity index (χ4n) is 1.65. The zero-order chi connectivity index (χ0) is 11.5. The van der Waals surface area contributed by atoms with Gasteiger partial charge in [-0.2, -0.15) is 5.10 Å². The highest BCUT2D eigenvalue weighted by atomic mass is 15.4. The van der Waals surface area contributed by atoms with Gasteiger partial charge in [-0.1, -0.05) is 13.8 Å². The molecule has 90 valence electrons. The van der Waals surface area contributed by atoms with Gasteiger partial charge in [-0.05, 0) is 5.92 Å². The lowest BCUT2D eigenvalue weighted by molar-refractivity contribution is 0.321. The molecule has 1 atom stereocenters. The third kappa shape index (κ3) is 2.36. The van der Waals surface area contributed by atoms with E-state index < -0.39 is 0 Å². The Morgan fingerprint density at radius 3 is 2.94 bits per heavy atom. The number of rotatable bonds is 5. The largest absolute Gasteiger partial charge is 0.369 e. The van der Waals surface area contributed by atoms with Crippen molar-refractivity contribution in [1.82, 2.24) is 15.1 Å². The molecule has 5 nitrogen and oxygen atoms in total. The topological polar surface area (TPSA) is 67.9 Å². The van der Waals surface area contributed by atoms with E-state index in [4.69, 9.17) is 5.73 Å². The zero-order valence-electron chi connectivity index (χ0n) is 9.98. The fraction of sp³-hybridized carbons (Fsp3) is 0.727. The van der Waals surface area contributed by atoms with Gasteiger partial charge < -0.3 is 16.4 Å². The Labute approximate surface area is 96.4 Å². The molecule has 2 rings (SSSR count). The second kappa shape index (κ2) is 4.84. The summed E-state index contributed by atoms with van der Waals surface area (Å²) in [5.74, 6) is 1.57. The molecule has 1 aliphatic heterocycles. The van der Waals surface area contributed by atoms with Crippen molar-refractivity contribution < 1.29 is 0 Å². The van der Waals surface area contributed by atoms with Gasteiger partial charge in [0.15, 0.2) is 0 Å². The van der Waals surface area contributed by atoms with Crippen molar-refractivity contribution in [2.75, 3.05) is 25.0 Å². The van der Waals surface area contributed by atoms with Crippen LogP contribution >= 0.6 is 0 Å². The summed E-state index contributed by atoms with van der Waals surface area (Å²) >= 11 is 0. The predicted molar refractivity (Wildman–Crippen MR) is 65.4 cm³/mol. The lowest BCUT2D eigenvalue weighted by Crippen LogP contribution is -2.44. The molecular formula is C11H21N5. The van der Waals surface area contributed by atoms with Crippen LogP contribution in [0, 0.1) is 5.92 Å². The number of anilines is 1. The first-order valence-corrected chi connectivity index (χ1v) is 5.92. The first-order valence-electron chi connectivity index (χ1n) is 5.92. The summed E-state index contributed by atoms with van der Waals surface area (Å²) in [4.78, 5) is 0. The number of hydrogen-bond donors (Lipinski definition) is 3. The average molecular weight is 223 g/mol. The van der Waals surface area contributed by atoms with Crippen molar-refractivity contribution in [1.29, 1.82) is 0 Å². The van der Waals surface area contributed by atoms with Crippen LogP contribution in [0.3, 0.4) is 0 Å². The summed E-state index contributed by atoms with van der Waals surface area (Å²) in [6.07, 6.45) is 1.83. The number of hydrogen-bond acceptors (Lipinski definition) is 4. The Morgan fingerprint density at radius 2 is 2.38 bits per heavy atom. The molecule has 5 heteroatoms. The summed E-state index contributed by atoms with van der Waals surface area (Å²) in [6.45, 7) is 7.09. The fourth-order valence-corrected chi connectivity index (χ4v) is 1.65. The molecule has 0 saturated carbocycles. The average Bonchev–Trinajstić information content (AvgIpc) is 2.59. The lowest BCUT2D eigenvalue weighted by Gasteiger charge is -2.29. The van der Waals surface area contributed by atoms with Gasteiger partial charge in [-0.15, -0.1) is 0 Å². The van der Waals surface area contributed by atoms with Crippen molar-refractivity contribution in [2.24, 2.45) is 11.7 Å². The molecule has 0 aromatic carbocycles. The first kappa shape index (κ1) is 11.4. The van der Waals surface area contributed by atoms with Crippen LogP contribution < -0.4 is 16.4 Å². The van der Waals surface area contributed by atoms with Crippen molar-refractivity contribution in [3.63, 3.8) is 0 Å². The molecular weight excluding hydrogens is 202 g/mol. The van der Waals surface area contributed by atoms with Crippen LogP contribution in [-0.2, 0) is 0 Å². The van der Waals surface area contributed by atoms with Gasteiger partial charge >= 0.3 is 0 Å². The molecule has 0 radical (unpaired) electrons. The Kier molecular flexibility index (Phi) is 3.46. The number of nitrogens with one attached hydrogen (secondary N) is 2. The van der Waals surface area contributed by atoms with Gasteiger partial charge in [0.1, 0.15) is 5.82 Å². The van der Waals surface area contributed by atoms with Crippen LogP contribution in [-0.4, -0.2) is 35.5 Å². The van der Waals surface area contributed by atoms with Crippen molar-refractivity contribution in [2.45, 2.75) is 25.9 Å². The Morgan fingerprint density at radius 1 is 1.62 bits per heavy atom. The van der Waals surface area contributed by atoms with Crippen LogP contribution in [0.25, 0.3) is 0 Å². The van der Waals surface area contributed by atoms with E-state index in [9.17, 15) is 0 Å². The maximum Gasteiger partial charge on any atom is 0.124 e. The molecule has 2 heterocycles. The van der Waals surface area contributed by atoms with E-state index in [2.05, 4.69) is 29.6 Å². The molecule has 0 unspecified atom stereocenters. The smallest absolute Gasteiger partial charge is 0.124 e. The Balaban J connectivity index is 1.91. The zero-order valence-corrected chi connectivity index (χ0v) is 9.98. The van der Waals surface area contributed by atoms with Gasteiger partial charge in [0.2, 0.25) is 0 Å². The highest BCUT2D eigenvalue weighted by Gasteiger charge is 2.21. The minimum absolute atomic E-state index is 0.183. The SMILES string of the molecule is CC(C)[C@H](N)CNc1ccnn1C1CNC1. The summed E-state index contributed by atoms with van der Waals surface area (Å²) < 4.78 is 2.05. The molecule has 1 aromatic heterocycles. The quantitative estimate of drug-likeness (QED) is 0.677. The number of nitrogens with zero attached hydrogens (tertiary/aromatic N) is 2. The highest BCUT2D eigenvalue weighted by molar-refractivity contribution is 5.35. The van der Waals surface area contributed by atoms with Gasteiger partial charge in [0, 0.05) is 31.7 Å². The molecule has 0 bridgehead atoms. The highest BCUT2D eigenvalue weighted by Crippen LogP contribution is 2.17. The molecule has 1 aliphatic rings. The van der Waals surface area contributed by atoms with E-state index in [1.807, 2.05) is 16.9 Å². The molecule has 0 spiro atoms. The molecule has 16 heavy (non-hydrogen) atoms. The second-order valence-electron chi connectivity index (χ2n) is 4.76. The summed E-state index contributed by atoms with van der Waals surface area (Å²) in [6, 6.07) is 2.68. The number of aromatic nitrogens is 2. The van der Waals surface area contributed by atoms with Crippen LogP contribution in [0.5, 0.6) is 0 Å². The third-order valence-corrected chi connectivity index (χ3v) is 3.15. The Hall–Kier alpha value is -1.07. The van der Waals surface area contributed by atoms with Crippen molar-refractivity contribution in [3.8, 4) is 0 Å². The van der Waals surface area contributed by atoms with E-state index in [0.29, 0.717) is 12.0 Å². The monoisotopic (exact) mass is 223 g/mol. The molecule has 4 N–H and O–H groups in total. The van der Waals surface area contributed by atoms with E-state index >= 15 is 0 Å². The maximum atomic E-state index is 6.00. The minimum atomic E-state index is 0.183. The molecule has 0 amide bonds. The van der Waals surface area contributed by atoms with E-state index in [1.165, 1.54) is 0 Å². The van der Waals surface area contributed by atoms with E-state index in [0.717, 1.165) is 25.5 Å². The van der Waals surface area contributed by atoms with E-state index in [-0.39, 0.29) is 6.04 Å². The van der Waals surface area contributed by atoms with Gasteiger partial charge in [-0.25, -0.2) is 4.68 Å². The van der Waals surface area contributed by atoms with Crippen molar-refractivity contribution in [3.05, 3.63) is 12.3 Å². The van der Waals surface area contributed by atoms with E-state index in [1.54, 1.807) is 0 Å². The van der Waals surface area contributed by atoms with Crippen LogP contribution in [0.4, 0.5) is 5.82 Å². The minimum Gasteiger partial charge on any atom is -0.369 e. The summed E-state index contributed by atoms with van der Waals surface area (Å²) in [5, 5.41) is 11.0. The standard InChI is InChI=1S/C11H21N5/c1-8(2)10(12)7-14-11-3-4-15-16(11)9-5-13-6-9/h3-4,8-10,13-14H,5-7,12H2,1-2H3/t10-/m1/s1. The lowest BCUT2D eigenvalue weighted by atomic mass is 10.1. The maximum absolute atomic E-state index is 6.00. The van der Waals surface area contributed by atoms with Crippen LogP contribution in [0.2, 0.25) is 0 Å². The second-order valence-corrected chi connectivity index (χ2v) is 4.76. The summed E-state index contributed by atoms with van der Waals surface area (Å²) in [5.41, 5.74) is 6.00. The van der Waals surface area contributed by atoms with Gasteiger partial charge in [-0.3, -0.25) is 0 Å². The molecule has 1 saturated heterocycles. The van der Waals surface area contributed by atoms with Gasteiger partial charge in [0.05, 0.1) is 12.2 Å². The normalized spacial score (nSPS) is 18.5. The Bertz CT molecular complexity index is 329. The molecule has 1 aromatic rings. The van der Waals surface area contributed by atoms with Crippen LogP contribution in [0.1, 0.15) is 19.9 Å². The van der Waals surface area contributed by atoms with Crippen LogP contribution in [0.15, 0.2) is 12.3 Å². The number of nitrogens with two attached hydrogens (primary N) is 1. The van der Waals surface area contributed by atoms with Crippen molar-refractivity contribution >= 4 is 5.82 Å².